The highest BCUT2D eigenvalue weighted by molar-refractivity contribution is 8.16. The zero-order chi connectivity index (χ0) is 21.5. The van der Waals surface area contributed by atoms with Crippen molar-refractivity contribution >= 4 is 29.4 Å². The van der Waals surface area contributed by atoms with Gasteiger partial charge in [0.15, 0.2) is 6.61 Å². The van der Waals surface area contributed by atoms with Gasteiger partial charge < -0.3 is 10.1 Å². The molecule has 2 heterocycles. The van der Waals surface area contributed by atoms with Gasteiger partial charge in [0, 0.05) is 25.7 Å². The highest BCUT2D eigenvalue weighted by Crippen LogP contribution is 2.43. The van der Waals surface area contributed by atoms with Crippen LogP contribution < -0.4 is 10.1 Å². The van der Waals surface area contributed by atoms with Crippen LogP contribution in [0.15, 0.2) is 48.5 Å². The van der Waals surface area contributed by atoms with Gasteiger partial charge in [-0.25, -0.2) is 4.39 Å². The first-order valence-corrected chi connectivity index (χ1v) is 13.0. The Hall–Kier alpha value is -1.70. The van der Waals surface area contributed by atoms with Gasteiger partial charge in [-0.15, -0.1) is 23.5 Å². The molecular weight excluding hydrogens is 431 g/mol. The molecule has 0 bridgehead atoms. The second-order valence-electron chi connectivity index (χ2n) is 8.03. The van der Waals surface area contributed by atoms with Crippen molar-refractivity contribution < 1.29 is 13.9 Å². The summed E-state index contributed by atoms with van der Waals surface area (Å²) in [5, 5.41) is 3.10. The maximum Gasteiger partial charge on any atom is 0.258 e. The lowest BCUT2D eigenvalue weighted by Gasteiger charge is -2.32. The van der Waals surface area contributed by atoms with E-state index in [2.05, 4.69) is 22.3 Å². The van der Waals surface area contributed by atoms with Gasteiger partial charge in [-0.1, -0.05) is 24.3 Å². The van der Waals surface area contributed by atoms with Gasteiger partial charge in [0.05, 0.1) is 4.58 Å². The second-order valence-corrected chi connectivity index (χ2v) is 10.8. The number of hydrogen-bond donors (Lipinski definition) is 1. The molecule has 2 aliphatic heterocycles. The molecular formula is C24H29FN2O2S2. The van der Waals surface area contributed by atoms with E-state index in [4.69, 9.17) is 4.74 Å². The minimum Gasteiger partial charge on any atom is -0.484 e. The predicted octanol–water partition coefficient (Wildman–Crippen LogP) is 4.85. The van der Waals surface area contributed by atoms with E-state index in [1.165, 1.54) is 35.6 Å². The molecule has 0 radical (unpaired) electrons. The zero-order valence-corrected chi connectivity index (χ0v) is 19.2. The Bertz CT molecular complexity index is 834. The SMILES string of the molecule is O=C(COc1ccc(C2SCCCS2)cc1)NC1CCN(Cc2ccc(F)cc2)CC1. The molecule has 0 atom stereocenters. The molecule has 4 rings (SSSR count). The smallest absolute Gasteiger partial charge is 0.258 e. The van der Waals surface area contributed by atoms with E-state index in [0.29, 0.717) is 4.58 Å². The summed E-state index contributed by atoms with van der Waals surface area (Å²) < 4.78 is 19.2. The van der Waals surface area contributed by atoms with Crippen LogP contribution in [0.3, 0.4) is 0 Å². The first kappa shape index (κ1) is 22.5. The summed E-state index contributed by atoms with van der Waals surface area (Å²) in [7, 11) is 0. The number of halogens is 1. The second kappa shape index (κ2) is 11.2. The van der Waals surface area contributed by atoms with Crippen LogP contribution in [0, 0.1) is 5.82 Å². The van der Waals surface area contributed by atoms with E-state index in [1.807, 2.05) is 47.8 Å². The summed E-state index contributed by atoms with van der Waals surface area (Å²) in [4.78, 5) is 14.7. The summed E-state index contributed by atoms with van der Waals surface area (Å²) in [6.45, 7) is 2.70. The Morgan fingerprint density at radius 2 is 1.71 bits per heavy atom. The van der Waals surface area contributed by atoms with Gasteiger partial charge >= 0.3 is 0 Å². The number of amides is 1. The Balaban J connectivity index is 1.15. The first-order valence-electron chi connectivity index (χ1n) is 10.9. The van der Waals surface area contributed by atoms with Gasteiger partial charge in [-0.3, -0.25) is 9.69 Å². The summed E-state index contributed by atoms with van der Waals surface area (Å²) in [5.74, 6) is 2.91. The van der Waals surface area contributed by atoms with Crippen molar-refractivity contribution in [1.29, 1.82) is 0 Å². The number of benzene rings is 2. The van der Waals surface area contributed by atoms with Crippen LogP contribution in [0.5, 0.6) is 5.75 Å². The lowest BCUT2D eigenvalue weighted by atomic mass is 10.0. The van der Waals surface area contributed by atoms with Crippen molar-refractivity contribution in [3.63, 3.8) is 0 Å². The number of rotatable bonds is 7. The summed E-state index contributed by atoms with van der Waals surface area (Å²) in [6, 6.07) is 15.0. The van der Waals surface area contributed by atoms with Gasteiger partial charge in [0.25, 0.3) is 5.91 Å². The fourth-order valence-corrected chi connectivity index (χ4v) is 6.80. The fourth-order valence-electron chi connectivity index (χ4n) is 3.90. The minimum atomic E-state index is -0.203. The van der Waals surface area contributed by atoms with Crippen molar-refractivity contribution in [2.24, 2.45) is 0 Å². The van der Waals surface area contributed by atoms with Gasteiger partial charge in [0.1, 0.15) is 11.6 Å². The van der Waals surface area contributed by atoms with Crippen molar-refractivity contribution in [3.8, 4) is 5.75 Å². The molecule has 0 unspecified atom stereocenters. The summed E-state index contributed by atoms with van der Waals surface area (Å²) >= 11 is 4.00. The number of thioether (sulfide) groups is 2. The van der Waals surface area contributed by atoms with Crippen LogP contribution in [0.1, 0.15) is 35.0 Å². The average Bonchev–Trinajstić information content (AvgIpc) is 2.81. The number of carbonyl (C=O) groups excluding carboxylic acids is 1. The maximum atomic E-state index is 13.0. The molecule has 4 nitrogen and oxygen atoms in total. The standard InChI is InChI=1S/C24H29FN2O2S2/c25-20-6-2-18(3-7-20)16-27-12-10-21(11-13-27)26-23(28)17-29-22-8-4-19(5-9-22)24-30-14-1-15-31-24/h2-9,21,24H,1,10-17H2,(H,26,28). The maximum absolute atomic E-state index is 13.0. The van der Waals surface area contributed by atoms with Crippen molar-refractivity contribution in [1.82, 2.24) is 10.2 Å². The third kappa shape index (κ3) is 6.89. The highest BCUT2D eigenvalue weighted by Gasteiger charge is 2.21. The number of hydrogen-bond acceptors (Lipinski definition) is 5. The molecule has 2 saturated heterocycles. The van der Waals surface area contributed by atoms with Crippen LogP contribution in [0.2, 0.25) is 0 Å². The predicted molar refractivity (Wildman–Crippen MR) is 127 cm³/mol. The van der Waals surface area contributed by atoms with E-state index in [-0.39, 0.29) is 24.4 Å². The Kier molecular flexibility index (Phi) is 8.16. The van der Waals surface area contributed by atoms with Crippen LogP contribution in [0.4, 0.5) is 4.39 Å². The molecule has 0 saturated carbocycles. The monoisotopic (exact) mass is 460 g/mol. The highest BCUT2D eigenvalue weighted by atomic mass is 32.2. The number of ether oxygens (including phenoxy) is 1. The number of likely N-dealkylation sites (tertiary alicyclic amines) is 1. The van der Waals surface area contributed by atoms with Crippen molar-refractivity contribution in [2.75, 3.05) is 31.2 Å². The molecule has 0 aromatic heterocycles. The molecule has 1 amide bonds. The zero-order valence-electron chi connectivity index (χ0n) is 17.6. The van der Waals surface area contributed by atoms with Crippen LogP contribution in [-0.2, 0) is 11.3 Å². The largest absolute Gasteiger partial charge is 0.484 e. The lowest BCUT2D eigenvalue weighted by molar-refractivity contribution is -0.124. The van der Waals surface area contributed by atoms with E-state index >= 15 is 0 Å². The van der Waals surface area contributed by atoms with E-state index in [1.54, 1.807) is 0 Å². The quantitative estimate of drug-likeness (QED) is 0.640. The van der Waals surface area contributed by atoms with Crippen LogP contribution in [0.25, 0.3) is 0 Å². The number of nitrogens with one attached hydrogen (secondary N) is 1. The van der Waals surface area contributed by atoms with Crippen molar-refractivity contribution in [3.05, 3.63) is 65.5 Å². The number of carbonyl (C=O) groups is 1. The molecule has 0 aliphatic carbocycles. The Morgan fingerprint density at radius 3 is 2.39 bits per heavy atom. The minimum absolute atomic E-state index is 0.0437. The molecule has 31 heavy (non-hydrogen) atoms. The summed E-state index contributed by atoms with van der Waals surface area (Å²) in [6.07, 6.45) is 3.12. The lowest BCUT2D eigenvalue weighted by Crippen LogP contribution is -2.45. The first-order chi connectivity index (χ1) is 15.2. The molecule has 166 valence electrons. The van der Waals surface area contributed by atoms with E-state index in [0.717, 1.165) is 43.8 Å². The van der Waals surface area contributed by atoms with Gasteiger partial charge in [0.2, 0.25) is 0 Å². The molecule has 0 spiro atoms. The van der Waals surface area contributed by atoms with E-state index < -0.39 is 0 Å². The Morgan fingerprint density at radius 1 is 1.03 bits per heavy atom. The molecule has 2 aromatic carbocycles. The molecule has 2 aliphatic rings. The average molecular weight is 461 g/mol. The number of nitrogens with zero attached hydrogens (tertiary/aromatic N) is 1. The third-order valence-corrected chi connectivity index (χ3v) is 8.64. The van der Waals surface area contributed by atoms with Gasteiger partial charge in [-0.2, -0.15) is 0 Å². The molecule has 2 aromatic rings. The molecule has 1 N–H and O–H groups in total. The van der Waals surface area contributed by atoms with Gasteiger partial charge in [-0.05, 0) is 66.2 Å². The molecule has 7 heteroatoms. The fraction of sp³-hybridized carbons (Fsp3) is 0.458. The Labute approximate surface area is 192 Å². The van der Waals surface area contributed by atoms with E-state index in [9.17, 15) is 9.18 Å². The summed E-state index contributed by atoms with van der Waals surface area (Å²) in [5.41, 5.74) is 2.43. The van der Waals surface area contributed by atoms with Crippen molar-refractivity contribution in [2.45, 2.75) is 36.4 Å². The number of piperidine rings is 1. The third-order valence-electron chi connectivity index (χ3n) is 5.62. The topological polar surface area (TPSA) is 41.6 Å². The molecule has 2 fully saturated rings. The normalized spacial score (nSPS) is 18.6. The van der Waals surface area contributed by atoms with Crippen LogP contribution in [-0.4, -0.2) is 48.1 Å². The van der Waals surface area contributed by atoms with Crippen LogP contribution >= 0.6 is 23.5 Å².